The van der Waals surface area contributed by atoms with Crippen LogP contribution in [0.3, 0.4) is 0 Å². The van der Waals surface area contributed by atoms with Gasteiger partial charge in [0.1, 0.15) is 17.5 Å². The molecule has 0 aromatic carbocycles. The first-order valence-electron chi connectivity index (χ1n) is 11.8. The Balaban J connectivity index is 1.39. The fourth-order valence-corrected chi connectivity index (χ4v) is 4.41. The molecule has 2 aliphatic rings. The van der Waals surface area contributed by atoms with Gasteiger partial charge in [-0.15, -0.1) is 0 Å². The Labute approximate surface area is 202 Å². The van der Waals surface area contributed by atoms with Crippen LogP contribution in [0.25, 0.3) is 22.3 Å². The van der Waals surface area contributed by atoms with Crippen LogP contribution in [0, 0.1) is 0 Å². The zero-order valence-corrected chi connectivity index (χ0v) is 19.1. The minimum absolute atomic E-state index is 0.349. The van der Waals surface area contributed by atoms with E-state index < -0.39 is 5.91 Å². The lowest BCUT2D eigenvalue weighted by atomic mass is 10.1. The minimum atomic E-state index is -0.516. The normalized spacial score (nSPS) is 15.8. The number of fused-ring (bicyclic) bond motifs is 1. The molecule has 176 valence electrons. The van der Waals surface area contributed by atoms with Crippen LogP contribution in [0.5, 0.6) is 0 Å². The summed E-state index contributed by atoms with van der Waals surface area (Å²) in [6.45, 7) is 3.65. The summed E-state index contributed by atoms with van der Waals surface area (Å²) >= 11 is 0. The lowest BCUT2D eigenvalue weighted by molar-refractivity contribution is 0.1000. The average Bonchev–Trinajstić information content (AvgIpc) is 3.74. The Morgan fingerprint density at radius 1 is 1.03 bits per heavy atom. The summed E-state index contributed by atoms with van der Waals surface area (Å²) < 4.78 is 0. The molecule has 6 rings (SSSR count). The van der Waals surface area contributed by atoms with E-state index in [1.807, 2.05) is 24.5 Å². The number of anilines is 3. The summed E-state index contributed by atoms with van der Waals surface area (Å²) in [5, 5.41) is 7.71. The summed E-state index contributed by atoms with van der Waals surface area (Å²) in [5.74, 6) is 2.79. The van der Waals surface area contributed by atoms with Gasteiger partial charge in [0.15, 0.2) is 5.82 Å². The number of carbonyl (C=O) groups is 1. The maximum atomic E-state index is 11.3. The molecule has 1 saturated carbocycles. The first-order valence-corrected chi connectivity index (χ1v) is 11.8. The molecule has 10 heteroatoms. The number of hydrogen-bond acceptors (Lipinski definition) is 9. The number of amides is 1. The molecule has 35 heavy (non-hydrogen) atoms. The Morgan fingerprint density at radius 3 is 2.63 bits per heavy atom. The van der Waals surface area contributed by atoms with Crippen molar-refractivity contribution in [1.82, 2.24) is 30.2 Å². The van der Waals surface area contributed by atoms with Gasteiger partial charge in [-0.25, -0.2) is 19.9 Å². The van der Waals surface area contributed by atoms with Crippen LogP contribution >= 0.6 is 0 Å². The summed E-state index contributed by atoms with van der Waals surface area (Å²) in [5.41, 5.74) is 8.60. The van der Waals surface area contributed by atoms with Crippen LogP contribution in [-0.4, -0.2) is 57.0 Å². The number of hydrogen-bond donors (Lipinski definition) is 3. The van der Waals surface area contributed by atoms with Gasteiger partial charge in [-0.1, -0.05) is 0 Å². The number of rotatable bonds is 6. The van der Waals surface area contributed by atoms with Crippen LogP contribution in [-0.2, 0) is 0 Å². The van der Waals surface area contributed by atoms with Crippen LogP contribution in [0.4, 0.5) is 17.5 Å². The quantitative estimate of drug-likeness (QED) is 0.391. The fraction of sp³-hybridized carbons (Fsp3) is 0.280. The molecule has 0 bridgehead atoms. The van der Waals surface area contributed by atoms with Gasteiger partial charge in [-0.3, -0.25) is 9.78 Å². The van der Waals surface area contributed by atoms with Crippen molar-refractivity contribution >= 4 is 34.3 Å². The van der Waals surface area contributed by atoms with Crippen molar-refractivity contribution in [3.63, 3.8) is 0 Å². The van der Waals surface area contributed by atoms with Gasteiger partial charge in [-0.05, 0) is 48.6 Å². The number of primary amides is 1. The molecule has 0 atom stereocenters. The highest BCUT2D eigenvalue weighted by Crippen LogP contribution is 2.44. The van der Waals surface area contributed by atoms with E-state index in [-0.39, 0.29) is 0 Å². The Kier molecular flexibility index (Phi) is 5.42. The Morgan fingerprint density at radius 2 is 1.89 bits per heavy atom. The lowest BCUT2D eigenvalue weighted by Gasteiger charge is -2.30. The molecule has 0 spiro atoms. The molecule has 5 heterocycles. The number of carbonyl (C=O) groups excluding carboxylic acids is 1. The third-order valence-corrected chi connectivity index (χ3v) is 6.37. The van der Waals surface area contributed by atoms with E-state index in [0.29, 0.717) is 28.9 Å². The summed E-state index contributed by atoms with van der Waals surface area (Å²) in [6, 6.07) is 7.10. The molecule has 10 nitrogen and oxygen atoms in total. The van der Waals surface area contributed by atoms with Crippen molar-refractivity contribution in [3.8, 4) is 11.4 Å². The van der Waals surface area contributed by atoms with E-state index in [1.54, 1.807) is 18.3 Å². The van der Waals surface area contributed by atoms with Crippen molar-refractivity contribution in [3.05, 3.63) is 60.2 Å². The monoisotopic (exact) mass is 467 g/mol. The zero-order chi connectivity index (χ0) is 23.8. The maximum Gasteiger partial charge on any atom is 0.250 e. The molecule has 1 aliphatic carbocycles. The van der Waals surface area contributed by atoms with Crippen LogP contribution < -0.4 is 21.3 Å². The van der Waals surface area contributed by atoms with Crippen molar-refractivity contribution in [2.75, 3.05) is 36.4 Å². The van der Waals surface area contributed by atoms with Gasteiger partial charge < -0.3 is 21.3 Å². The fourth-order valence-electron chi connectivity index (χ4n) is 4.41. The zero-order valence-electron chi connectivity index (χ0n) is 19.1. The molecule has 2 fully saturated rings. The van der Waals surface area contributed by atoms with Gasteiger partial charge in [0.25, 0.3) is 0 Å². The molecule has 1 saturated heterocycles. The van der Waals surface area contributed by atoms with E-state index in [9.17, 15) is 4.79 Å². The highest BCUT2D eigenvalue weighted by Gasteiger charge is 2.29. The van der Waals surface area contributed by atoms with E-state index in [2.05, 4.69) is 30.5 Å². The van der Waals surface area contributed by atoms with Gasteiger partial charge in [0.05, 0.1) is 17.3 Å². The predicted octanol–water partition coefficient (Wildman–Crippen LogP) is 2.61. The first-order chi connectivity index (χ1) is 17.2. The number of pyridine rings is 3. The molecule has 4 aromatic heterocycles. The first kappa shape index (κ1) is 21.4. The molecule has 4 aromatic rings. The molecule has 4 N–H and O–H groups in total. The van der Waals surface area contributed by atoms with Crippen molar-refractivity contribution in [1.29, 1.82) is 0 Å². The second-order valence-corrected chi connectivity index (χ2v) is 8.86. The second-order valence-electron chi connectivity index (χ2n) is 8.86. The third kappa shape index (κ3) is 4.35. The molecule has 1 amide bonds. The minimum Gasteiger partial charge on any atom is -0.366 e. The third-order valence-electron chi connectivity index (χ3n) is 6.37. The number of piperazine rings is 1. The standard InChI is InChI=1S/C25H25N9O/c26-23(35)17-3-4-20(30-12-17)32-21-11-16(5-6-29-21)24-31-19-14-28-13-18(15-1-2-15)22(19)25(33-24)34-9-7-27-8-10-34/h3-6,11-15,27H,1-2,7-10H2,(H2,26,35)(H,29,30,32). The van der Waals surface area contributed by atoms with Crippen LogP contribution in [0.15, 0.2) is 49.1 Å². The van der Waals surface area contributed by atoms with Gasteiger partial charge in [0.2, 0.25) is 5.91 Å². The largest absolute Gasteiger partial charge is 0.366 e. The molecule has 0 unspecified atom stereocenters. The van der Waals surface area contributed by atoms with Crippen molar-refractivity contribution < 1.29 is 4.79 Å². The van der Waals surface area contributed by atoms with E-state index in [1.165, 1.54) is 24.6 Å². The average molecular weight is 468 g/mol. The van der Waals surface area contributed by atoms with Gasteiger partial charge in [-0.2, -0.15) is 0 Å². The molecule has 0 radical (unpaired) electrons. The number of nitrogens with two attached hydrogens (primary N) is 1. The Bertz CT molecular complexity index is 1400. The highest BCUT2D eigenvalue weighted by molar-refractivity contribution is 5.94. The van der Waals surface area contributed by atoms with Gasteiger partial charge >= 0.3 is 0 Å². The van der Waals surface area contributed by atoms with Crippen molar-refractivity contribution in [2.45, 2.75) is 18.8 Å². The molecular formula is C25H25N9O. The maximum absolute atomic E-state index is 11.3. The SMILES string of the molecule is NC(=O)c1ccc(Nc2cc(-c3nc(N4CCNCC4)c4c(C5CC5)cncc4n3)ccn2)nc1. The van der Waals surface area contributed by atoms with Crippen LogP contribution in [0.1, 0.15) is 34.7 Å². The Hall–Kier alpha value is -4.18. The molecule has 1 aliphatic heterocycles. The van der Waals surface area contributed by atoms with E-state index in [4.69, 9.17) is 15.7 Å². The summed E-state index contributed by atoms with van der Waals surface area (Å²) in [7, 11) is 0. The van der Waals surface area contributed by atoms with Gasteiger partial charge in [0, 0.05) is 55.7 Å². The second kappa shape index (κ2) is 8.88. The smallest absolute Gasteiger partial charge is 0.250 e. The number of aromatic nitrogens is 5. The van der Waals surface area contributed by atoms with Crippen LogP contribution in [0.2, 0.25) is 0 Å². The van der Waals surface area contributed by atoms with E-state index >= 15 is 0 Å². The number of nitrogens with zero attached hydrogens (tertiary/aromatic N) is 6. The van der Waals surface area contributed by atoms with E-state index in [0.717, 1.165) is 48.5 Å². The number of nitrogens with one attached hydrogen (secondary N) is 2. The molecular weight excluding hydrogens is 442 g/mol. The predicted molar refractivity (Wildman–Crippen MR) is 134 cm³/mol. The highest BCUT2D eigenvalue weighted by atomic mass is 16.1. The van der Waals surface area contributed by atoms with Crippen molar-refractivity contribution in [2.24, 2.45) is 5.73 Å². The lowest BCUT2D eigenvalue weighted by Crippen LogP contribution is -2.44. The summed E-state index contributed by atoms with van der Waals surface area (Å²) in [6.07, 6.45) is 9.36. The topological polar surface area (TPSA) is 135 Å². The summed E-state index contributed by atoms with van der Waals surface area (Å²) in [4.78, 5) is 36.8.